The number of nitrogens with one attached hydrogen (secondary N) is 1. The summed E-state index contributed by atoms with van der Waals surface area (Å²) in [5, 5.41) is 11.8. The molecule has 0 aliphatic carbocycles. The van der Waals surface area contributed by atoms with Crippen molar-refractivity contribution in [3.8, 4) is 0 Å². The molecule has 1 atom stereocenters. The van der Waals surface area contributed by atoms with Gasteiger partial charge >= 0.3 is 6.01 Å². The molecular formula is C16H30N4O. The van der Waals surface area contributed by atoms with Crippen molar-refractivity contribution in [2.75, 3.05) is 24.5 Å². The van der Waals surface area contributed by atoms with E-state index in [1.54, 1.807) is 0 Å². The summed E-state index contributed by atoms with van der Waals surface area (Å²) in [5.41, 5.74) is 0.523. The molecule has 21 heavy (non-hydrogen) atoms. The highest BCUT2D eigenvalue weighted by Crippen LogP contribution is 2.38. The molecule has 1 aromatic rings. The molecule has 0 radical (unpaired) electrons. The van der Waals surface area contributed by atoms with Crippen molar-refractivity contribution in [3.63, 3.8) is 0 Å². The first kappa shape index (κ1) is 16.3. The highest BCUT2D eigenvalue weighted by atomic mass is 16.4. The normalized spacial score (nSPS) is 19.7. The maximum atomic E-state index is 5.86. The predicted octanol–water partition coefficient (Wildman–Crippen LogP) is 3.54. The second-order valence-corrected chi connectivity index (χ2v) is 6.29. The smallest absolute Gasteiger partial charge is 0.318 e. The fourth-order valence-corrected chi connectivity index (χ4v) is 3.11. The Morgan fingerprint density at radius 2 is 1.86 bits per heavy atom. The van der Waals surface area contributed by atoms with Gasteiger partial charge in [0.05, 0.1) is 6.04 Å². The molecule has 1 aliphatic rings. The van der Waals surface area contributed by atoms with E-state index >= 15 is 0 Å². The molecule has 0 bridgehead atoms. The third-order valence-electron chi connectivity index (χ3n) is 5.10. The van der Waals surface area contributed by atoms with Crippen LogP contribution in [0.25, 0.3) is 0 Å². The Labute approximate surface area is 128 Å². The Morgan fingerprint density at radius 3 is 2.43 bits per heavy atom. The molecular weight excluding hydrogens is 264 g/mol. The van der Waals surface area contributed by atoms with Crippen molar-refractivity contribution in [1.29, 1.82) is 0 Å². The van der Waals surface area contributed by atoms with E-state index in [1.165, 1.54) is 25.7 Å². The average molecular weight is 294 g/mol. The van der Waals surface area contributed by atoms with Crippen LogP contribution in [0.2, 0.25) is 0 Å². The monoisotopic (exact) mass is 294 g/mol. The third-order valence-corrected chi connectivity index (χ3v) is 5.10. The minimum Gasteiger partial charge on any atom is -0.406 e. The first-order chi connectivity index (χ1) is 10.1. The first-order valence-electron chi connectivity index (χ1n) is 8.46. The largest absolute Gasteiger partial charge is 0.406 e. The number of hydrogen-bond donors (Lipinski definition) is 1. The zero-order valence-electron chi connectivity index (χ0n) is 14.0. The maximum Gasteiger partial charge on any atom is 0.318 e. The van der Waals surface area contributed by atoms with Gasteiger partial charge in [0.2, 0.25) is 5.89 Å². The van der Waals surface area contributed by atoms with Crippen LogP contribution in [0, 0.1) is 5.41 Å². The van der Waals surface area contributed by atoms with Gasteiger partial charge in [0.1, 0.15) is 0 Å². The van der Waals surface area contributed by atoms with Crippen molar-refractivity contribution in [3.05, 3.63) is 5.89 Å². The minimum atomic E-state index is 0.126. The summed E-state index contributed by atoms with van der Waals surface area (Å²) in [6, 6.07) is 0.817. The number of piperidine rings is 1. The van der Waals surface area contributed by atoms with E-state index in [2.05, 4.69) is 48.1 Å². The lowest BCUT2D eigenvalue weighted by Gasteiger charge is -2.40. The lowest BCUT2D eigenvalue weighted by molar-refractivity contribution is 0.196. The van der Waals surface area contributed by atoms with Gasteiger partial charge in [-0.15, -0.1) is 5.10 Å². The molecule has 0 amide bonds. The van der Waals surface area contributed by atoms with Gasteiger partial charge in [0, 0.05) is 13.1 Å². The van der Waals surface area contributed by atoms with Crippen LogP contribution in [0.1, 0.15) is 71.7 Å². The summed E-state index contributed by atoms with van der Waals surface area (Å²) in [5.74, 6) is 0.696. The fourth-order valence-electron chi connectivity index (χ4n) is 3.11. The predicted molar refractivity (Wildman–Crippen MR) is 85.5 cm³/mol. The highest BCUT2D eigenvalue weighted by Gasteiger charge is 2.32. The van der Waals surface area contributed by atoms with Gasteiger partial charge in [-0.2, -0.15) is 0 Å². The van der Waals surface area contributed by atoms with Crippen molar-refractivity contribution in [2.24, 2.45) is 5.41 Å². The fraction of sp³-hybridized carbons (Fsp3) is 0.875. The number of rotatable bonds is 7. The second-order valence-electron chi connectivity index (χ2n) is 6.29. The molecule has 120 valence electrons. The summed E-state index contributed by atoms with van der Waals surface area (Å²) < 4.78 is 5.86. The Bertz CT molecular complexity index is 418. The van der Waals surface area contributed by atoms with Gasteiger partial charge in [0.15, 0.2) is 0 Å². The molecule has 1 saturated heterocycles. The molecule has 1 aliphatic heterocycles. The molecule has 1 fully saturated rings. The van der Waals surface area contributed by atoms with Crippen LogP contribution in [0.4, 0.5) is 6.01 Å². The van der Waals surface area contributed by atoms with E-state index in [9.17, 15) is 0 Å². The topological polar surface area (TPSA) is 54.2 Å². The van der Waals surface area contributed by atoms with Gasteiger partial charge in [0.25, 0.3) is 0 Å². The molecule has 0 saturated carbocycles. The summed E-state index contributed by atoms with van der Waals surface area (Å²) in [7, 11) is 0. The van der Waals surface area contributed by atoms with Crippen LogP contribution >= 0.6 is 0 Å². The summed E-state index contributed by atoms with van der Waals surface area (Å²) in [6.07, 6.45) is 6.09. The van der Waals surface area contributed by atoms with Crippen LogP contribution in [0.3, 0.4) is 0 Å². The van der Waals surface area contributed by atoms with Crippen molar-refractivity contribution >= 4 is 6.01 Å². The van der Waals surface area contributed by atoms with Crippen molar-refractivity contribution < 1.29 is 4.42 Å². The van der Waals surface area contributed by atoms with Crippen LogP contribution < -0.4 is 10.2 Å². The van der Waals surface area contributed by atoms with E-state index in [1.807, 2.05) is 0 Å². The molecule has 5 nitrogen and oxygen atoms in total. The Morgan fingerprint density at radius 1 is 1.19 bits per heavy atom. The average Bonchev–Trinajstić information content (AvgIpc) is 3.02. The van der Waals surface area contributed by atoms with Crippen LogP contribution in [-0.4, -0.2) is 29.8 Å². The summed E-state index contributed by atoms with van der Waals surface area (Å²) in [6.45, 7) is 11.9. The summed E-state index contributed by atoms with van der Waals surface area (Å²) in [4.78, 5) is 2.24. The van der Waals surface area contributed by atoms with Gasteiger partial charge in [-0.05, 0) is 38.1 Å². The van der Waals surface area contributed by atoms with Gasteiger partial charge in [-0.1, -0.05) is 38.7 Å². The van der Waals surface area contributed by atoms with E-state index < -0.39 is 0 Å². The maximum absolute atomic E-state index is 5.86. The Hall–Kier alpha value is -1.10. The Balaban J connectivity index is 1.94. The van der Waals surface area contributed by atoms with Crippen LogP contribution in [0.15, 0.2) is 4.42 Å². The molecule has 0 spiro atoms. The van der Waals surface area contributed by atoms with Crippen LogP contribution in [0.5, 0.6) is 0 Å². The van der Waals surface area contributed by atoms with E-state index in [4.69, 9.17) is 4.42 Å². The van der Waals surface area contributed by atoms with Gasteiger partial charge in [-0.3, -0.25) is 0 Å². The van der Waals surface area contributed by atoms with Crippen molar-refractivity contribution in [2.45, 2.75) is 65.8 Å². The minimum absolute atomic E-state index is 0.126. The number of aromatic nitrogens is 2. The zero-order valence-corrected chi connectivity index (χ0v) is 14.0. The molecule has 2 rings (SSSR count). The highest BCUT2D eigenvalue weighted by molar-refractivity contribution is 5.25. The summed E-state index contributed by atoms with van der Waals surface area (Å²) >= 11 is 0. The van der Waals surface area contributed by atoms with Crippen molar-refractivity contribution in [1.82, 2.24) is 15.5 Å². The van der Waals surface area contributed by atoms with Gasteiger partial charge < -0.3 is 14.6 Å². The first-order valence-corrected chi connectivity index (χ1v) is 8.46. The van der Waals surface area contributed by atoms with E-state index in [0.717, 1.165) is 26.1 Å². The van der Waals surface area contributed by atoms with Gasteiger partial charge in [-0.25, -0.2) is 0 Å². The standard InChI is InChI=1S/C16H30N4O/c1-5-10-17-13(4)14-18-19-15(21-14)20-11-8-16(6-2,7-3)9-12-20/h13,17H,5-12H2,1-4H3. The number of hydrogen-bond acceptors (Lipinski definition) is 5. The third kappa shape index (κ3) is 3.76. The van der Waals surface area contributed by atoms with E-state index in [-0.39, 0.29) is 6.04 Å². The Kier molecular flexibility index (Phi) is 5.62. The number of nitrogens with zero attached hydrogens (tertiary/aromatic N) is 3. The quantitative estimate of drug-likeness (QED) is 0.833. The molecule has 2 heterocycles. The lowest BCUT2D eigenvalue weighted by Crippen LogP contribution is -2.39. The zero-order chi connectivity index (χ0) is 15.3. The second kappa shape index (κ2) is 7.25. The lowest BCUT2D eigenvalue weighted by atomic mass is 9.74. The molecule has 1 unspecified atom stereocenters. The molecule has 5 heteroatoms. The molecule has 1 aromatic heterocycles. The van der Waals surface area contributed by atoms with E-state index in [0.29, 0.717) is 17.3 Å². The SMILES string of the molecule is CCCNC(C)c1nnc(N2CCC(CC)(CC)CC2)o1. The number of anilines is 1. The molecule has 1 N–H and O–H groups in total. The molecule has 0 aromatic carbocycles. The van der Waals surface area contributed by atoms with Crippen LogP contribution in [-0.2, 0) is 0 Å².